The standard InChI is InChI=1S/C19H18FNO/c1-22-12-9-10-18-16(11-12)13-6-4-7-14(13)19(21-18)15-5-2-3-8-17(15)20/h2-6,8-11,13-14,19,21H,7H2,1H3/t13-,14-,19-/m1/s1. The zero-order chi connectivity index (χ0) is 15.1. The molecule has 0 aromatic heterocycles. The number of ether oxygens (including phenoxy) is 1. The van der Waals surface area contributed by atoms with Crippen LogP contribution < -0.4 is 10.1 Å². The van der Waals surface area contributed by atoms with E-state index in [0.717, 1.165) is 23.4 Å². The predicted molar refractivity (Wildman–Crippen MR) is 85.7 cm³/mol. The number of halogens is 1. The van der Waals surface area contributed by atoms with Gasteiger partial charge in [-0.15, -0.1) is 0 Å². The molecule has 0 fully saturated rings. The molecule has 4 rings (SSSR count). The highest BCUT2D eigenvalue weighted by Gasteiger charge is 2.38. The molecule has 2 nitrogen and oxygen atoms in total. The monoisotopic (exact) mass is 295 g/mol. The lowest BCUT2D eigenvalue weighted by molar-refractivity contribution is 0.401. The minimum absolute atomic E-state index is 0.00194. The number of fused-ring (bicyclic) bond motifs is 3. The molecule has 0 radical (unpaired) electrons. The fraction of sp³-hybridized carbons (Fsp3) is 0.263. The molecule has 0 saturated heterocycles. The third-order valence-corrected chi connectivity index (χ3v) is 4.81. The number of hydrogen-bond donors (Lipinski definition) is 1. The molecule has 112 valence electrons. The average molecular weight is 295 g/mol. The Morgan fingerprint density at radius 3 is 2.82 bits per heavy atom. The number of rotatable bonds is 2. The summed E-state index contributed by atoms with van der Waals surface area (Å²) < 4.78 is 19.6. The Hall–Kier alpha value is -2.29. The molecule has 22 heavy (non-hydrogen) atoms. The topological polar surface area (TPSA) is 21.3 Å². The summed E-state index contributed by atoms with van der Waals surface area (Å²) in [5, 5.41) is 3.54. The van der Waals surface area contributed by atoms with Gasteiger partial charge in [0.05, 0.1) is 13.2 Å². The molecule has 0 unspecified atom stereocenters. The van der Waals surface area contributed by atoms with Crippen molar-refractivity contribution in [1.82, 2.24) is 0 Å². The minimum Gasteiger partial charge on any atom is -0.497 e. The number of methoxy groups -OCH3 is 1. The second kappa shape index (κ2) is 5.16. The number of anilines is 1. The Kier molecular flexibility index (Phi) is 3.14. The van der Waals surface area contributed by atoms with Crippen LogP contribution in [-0.4, -0.2) is 7.11 Å². The minimum atomic E-state index is -0.136. The summed E-state index contributed by atoms with van der Waals surface area (Å²) >= 11 is 0. The smallest absolute Gasteiger partial charge is 0.128 e. The van der Waals surface area contributed by atoms with Crippen LogP contribution in [0, 0.1) is 11.7 Å². The summed E-state index contributed by atoms with van der Waals surface area (Å²) in [6.45, 7) is 0. The van der Waals surface area contributed by atoms with Crippen molar-refractivity contribution in [3.63, 3.8) is 0 Å². The van der Waals surface area contributed by atoms with E-state index in [2.05, 4.69) is 23.5 Å². The second-order valence-corrected chi connectivity index (χ2v) is 5.95. The molecule has 2 aromatic rings. The van der Waals surface area contributed by atoms with Crippen molar-refractivity contribution in [2.24, 2.45) is 5.92 Å². The molecule has 2 aromatic carbocycles. The van der Waals surface area contributed by atoms with Crippen LogP contribution >= 0.6 is 0 Å². The number of nitrogens with one attached hydrogen (secondary N) is 1. The fourth-order valence-electron chi connectivity index (χ4n) is 3.73. The number of allylic oxidation sites excluding steroid dienone is 2. The van der Waals surface area contributed by atoms with Crippen LogP contribution in [0.25, 0.3) is 0 Å². The van der Waals surface area contributed by atoms with E-state index in [1.165, 1.54) is 11.6 Å². The lowest BCUT2D eigenvalue weighted by Gasteiger charge is -2.37. The van der Waals surface area contributed by atoms with E-state index in [1.54, 1.807) is 13.2 Å². The molecule has 1 N–H and O–H groups in total. The van der Waals surface area contributed by atoms with Crippen molar-refractivity contribution in [2.75, 3.05) is 12.4 Å². The van der Waals surface area contributed by atoms with Crippen LogP contribution in [0.15, 0.2) is 54.6 Å². The SMILES string of the molecule is COc1ccc2c(c1)[C@@H]1C=CC[C@H]1[C@H](c1ccccc1F)N2. The first-order valence-electron chi connectivity index (χ1n) is 7.63. The molecular formula is C19H18FNO. The van der Waals surface area contributed by atoms with E-state index < -0.39 is 0 Å². The van der Waals surface area contributed by atoms with E-state index in [1.807, 2.05) is 24.3 Å². The first-order chi connectivity index (χ1) is 10.8. The maximum atomic E-state index is 14.2. The van der Waals surface area contributed by atoms with Crippen molar-refractivity contribution >= 4 is 5.69 Å². The molecule has 3 heteroatoms. The normalized spacial score (nSPS) is 25.3. The van der Waals surface area contributed by atoms with Gasteiger partial charge in [-0.2, -0.15) is 0 Å². The van der Waals surface area contributed by atoms with Gasteiger partial charge in [0.1, 0.15) is 11.6 Å². The third-order valence-electron chi connectivity index (χ3n) is 4.81. The van der Waals surface area contributed by atoms with Gasteiger partial charge < -0.3 is 10.1 Å². The largest absolute Gasteiger partial charge is 0.497 e. The van der Waals surface area contributed by atoms with Gasteiger partial charge in [-0.1, -0.05) is 30.4 Å². The van der Waals surface area contributed by atoms with Gasteiger partial charge in [-0.05, 0) is 42.2 Å². The van der Waals surface area contributed by atoms with E-state index in [0.29, 0.717) is 11.8 Å². The highest BCUT2D eigenvalue weighted by atomic mass is 19.1. The summed E-state index contributed by atoms with van der Waals surface area (Å²) in [5.74, 6) is 1.39. The molecule has 3 atom stereocenters. The Morgan fingerprint density at radius 2 is 2.00 bits per heavy atom. The van der Waals surface area contributed by atoms with Crippen LogP contribution in [0.3, 0.4) is 0 Å². The molecule has 1 heterocycles. The second-order valence-electron chi connectivity index (χ2n) is 5.95. The Balaban J connectivity index is 1.80. The fourth-order valence-corrected chi connectivity index (χ4v) is 3.73. The van der Waals surface area contributed by atoms with Gasteiger partial charge in [0.25, 0.3) is 0 Å². The first kappa shape index (κ1) is 13.4. The Labute approximate surface area is 129 Å². The number of benzene rings is 2. The van der Waals surface area contributed by atoms with Crippen molar-refractivity contribution < 1.29 is 9.13 Å². The van der Waals surface area contributed by atoms with Crippen LogP contribution in [0.1, 0.15) is 29.5 Å². The molecule has 2 aliphatic rings. The summed E-state index contributed by atoms with van der Waals surface area (Å²) in [4.78, 5) is 0. The summed E-state index contributed by atoms with van der Waals surface area (Å²) in [6, 6.07) is 13.1. The zero-order valence-electron chi connectivity index (χ0n) is 12.4. The summed E-state index contributed by atoms with van der Waals surface area (Å²) in [6.07, 6.45) is 5.42. The molecule has 0 amide bonds. The summed E-state index contributed by atoms with van der Waals surface area (Å²) in [5.41, 5.74) is 3.07. The first-order valence-corrected chi connectivity index (χ1v) is 7.63. The molecule has 1 aliphatic carbocycles. The lowest BCUT2D eigenvalue weighted by Crippen LogP contribution is -2.29. The van der Waals surface area contributed by atoms with E-state index >= 15 is 0 Å². The highest BCUT2D eigenvalue weighted by molar-refractivity contribution is 5.61. The summed E-state index contributed by atoms with van der Waals surface area (Å²) in [7, 11) is 1.68. The Bertz CT molecular complexity index is 740. The molecule has 0 spiro atoms. The maximum Gasteiger partial charge on any atom is 0.128 e. The quantitative estimate of drug-likeness (QED) is 0.814. The van der Waals surface area contributed by atoms with Gasteiger partial charge in [-0.3, -0.25) is 0 Å². The van der Waals surface area contributed by atoms with E-state index in [4.69, 9.17) is 4.74 Å². The van der Waals surface area contributed by atoms with Gasteiger partial charge in [-0.25, -0.2) is 4.39 Å². The van der Waals surface area contributed by atoms with Gasteiger partial charge in [0, 0.05) is 17.2 Å². The molecule has 1 aliphatic heterocycles. The van der Waals surface area contributed by atoms with Crippen LogP contribution in [0.4, 0.5) is 10.1 Å². The number of hydrogen-bond acceptors (Lipinski definition) is 2. The van der Waals surface area contributed by atoms with Gasteiger partial charge in [0.15, 0.2) is 0 Å². The predicted octanol–water partition coefficient (Wildman–Crippen LogP) is 4.66. The van der Waals surface area contributed by atoms with Crippen LogP contribution in [-0.2, 0) is 0 Å². The third kappa shape index (κ3) is 2.00. The molecule has 0 saturated carbocycles. The average Bonchev–Trinajstić information content (AvgIpc) is 3.04. The van der Waals surface area contributed by atoms with Gasteiger partial charge >= 0.3 is 0 Å². The van der Waals surface area contributed by atoms with Crippen LogP contribution in [0.2, 0.25) is 0 Å². The lowest BCUT2D eigenvalue weighted by atomic mass is 9.77. The Morgan fingerprint density at radius 1 is 1.14 bits per heavy atom. The van der Waals surface area contributed by atoms with Crippen molar-refractivity contribution in [3.05, 3.63) is 71.6 Å². The van der Waals surface area contributed by atoms with Crippen molar-refractivity contribution in [2.45, 2.75) is 18.4 Å². The molecular weight excluding hydrogens is 277 g/mol. The van der Waals surface area contributed by atoms with E-state index in [9.17, 15) is 4.39 Å². The van der Waals surface area contributed by atoms with Crippen LogP contribution in [0.5, 0.6) is 5.75 Å². The highest BCUT2D eigenvalue weighted by Crippen LogP contribution is 2.50. The maximum absolute atomic E-state index is 14.2. The van der Waals surface area contributed by atoms with Crippen molar-refractivity contribution in [3.8, 4) is 5.75 Å². The van der Waals surface area contributed by atoms with E-state index in [-0.39, 0.29) is 11.9 Å². The van der Waals surface area contributed by atoms with Gasteiger partial charge in [0.2, 0.25) is 0 Å². The molecule has 0 bridgehead atoms. The van der Waals surface area contributed by atoms with Crippen molar-refractivity contribution in [1.29, 1.82) is 0 Å². The zero-order valence-corrected chi connectivity index (χ0v) is 12.4.